The second-order valence-electron chi connectivity index (χ2n) is 5.47. The molecule has 0 radical (unpaired) electrons. The van der Waals surface area contributed by atoms with Crippen LogP contribution in [-0.4, -0.2) is 34.7 Å². The molecule has 0 saturated heterocycles. The lowest BCUT2D eigenvalue weighted by Crippen LogP contribution is -2.38. The first kappa shape index (κ1) is 15.5. The van der Waals surface area contributed by atoms with Gasteiger partial charge >= 0.3 is 0 Å². The zero-order valence-electron chi connectivity index (χ0n) is 12.9. The number of fused-ring (bicyclic) bond motifs is 1. The van der Waals surface area contributed by atoms with Crippen LogP contribution in [0.4, 0.5) is 5.82 Å². The van der Waals surface area contributed by atoms with Crippen LogP contribution in [0.1, 0.15) is 44.7 Å². The van der Waals surface area contributed by atoms with Gasteiger partial charge in [-0.05, 0) is 19.8 Å². The molecule has 0 spiro atoms. The number of hydrogen-bond acceptors (Lipinski definition) is 3. The summed E-state index contributed by atoms with van der Waals surface area (Å²) in [6, 6.07) is 1.93. The predicted molar refractivity (Wildman–Crippen MR) is 81.1 cm³/mol. The highest BCUT2D eigenvalue weighted by atomic mass is 16.2. The summed E-state index contributed by atoms with van der Waals surface area (Å²) in [5.74, 6) is 1.04. The number of carbonyl (C=O) groups excluding carboxylic acids is 2. The van der Waals surface area contributed by atoms with Crippen LogP contribution in [0.2, 0.25) is 0 Å². The highest BCUT2D eigenvalue weighted by Gasteiger charge is 2.25. The predicted octanol–water partition coefficient (Wildman–Crippen LogP) is 1.62. The van der Waals surface area contributed by atoms with Gasteiger partial charge in [0.15, 0.2) is 0 Å². The highest BCUT2D eigenvalue weighted by Crippen LogP contribution is 2.22. The van der Waals surface area contributed by atoms with Gasteiger partial charge in [-0.25, -0.2) is 4.68 Å². The first-order chi connectivity index (χ1) is 10.1. The number of carbonyl (C=O) groups is 2. The maximum absolute atomic E-state index is 12.0. The topological polar surface area (TPSA) is 67.2 Å². The van der Waals surface area contributed by atoms with Crippen molar-refractivity contribution in [1.82, 2.24) is 15.1 Å². The molecule has 2 rings (SSSR count). The molecule has 116 valence electrons. The van der Waals surface area contributed by atoms with Crippen molar-refractivity contribution in [2.45, 2.75) is 52.5 Å². The first-order valence-electron chi connectivity index (χ1n) is 7.73. The van der Waals surface area contributed by atoms with Gasteiger partial charge in [0.1, 0.15) is 5.82 Å². The Balaban J connectivity index is 1.82. The number of aromatic nitrogens is 2. The van der Waals surface area contributed by atoms with E-state index in [4.69, 9.17) is 0 Å². The van der Waals surface area contributed by atoms with Crippen LogP contribution < -0.4 is 10.2 Å². The Labute approximate surface area is 125 Å². The fraction of sp³-hybridized carbons (Fsp3) is 0.667. The molecule has 6 heteroatoms. The maximum Gasteiger partial charge on any atom is 0.229 e. The van der Waals surface area contributed by atoms with Gasteiger partial charge in [0, 0.05) is 32.0 Å². The lowest BCUT2D eigenvalue weighted by atomic mass is 10.2. The Hall–Kier alpha value is -1.85. The summed E-state index contributed by atoms with van der Waals surface area (Å²) in [5, 5.41) is 7.27. The Bertz CT molecular complexity index is 510. The number of aryl methyl sites for hydroxylation is 2. The molecule has 1 aliphatic rings. The van der Waals surface area contributed by atoms with Crippen molar-refractivity contribution in [2.75, 3.05) is 18.0 Å². The van der Waals surface area contributed by atoms with Gasteiger partial charge in [-0.1, -0.05) is 13.3 Å². The van der Waals surface area contributed by atoms with E-state index < -0.39 is 0 Å². The van der Waals surface area contributed by atoms with E-state index in [0.29, 0.717) is 32.4 Å². The smallest absolute Gasteiger partial charge is 0.229 e. The number of nitrogens with zero attached hydrogens (tertiary/aromatic N) is 3. The van der Waals surface area contributed by atoms with Crippen LogP contribution in [0.3, 0.4) is 0 Å². The summed E-state index contributed by atoms with van der Waals surface area (Å²) in [7, 11) is 0. The van der Waals surface area contributed by atoms with Gasteiger partial charge in [-0.2, -0.15) is 5.10 Å². The molecule has 0 aromatic carbocycles. The molecule has 2 amide bonds. The van der Waals surface area contributed by atoms with E-state index in [9.17, 15) is 9.59 Å². The molecule has 21 heavy (non-hydrogen) atoms. The molecule has 0 saturated carbocycles. The standard InChI is InChI=1S/C15H24N4O2/c1-3-4-8-16-13(20)6-5-9-18-14-11-12(2)17-19(14)10-7-15(18)21/h11H,3-10H2,1-2H3,(H,16,20). The van der Waals surface area contributed by atoms with Crippen LogP contribution >= 0.6 is 0 Å². The summed E-state index contributed by atoms with van der Waals surface area (Å²) in [6.45, 7) is 5.99. The highest BCUT2D eigenvalue weighted by molar-refractivity contribution is 5.93. The van der Waals surface area contributed by atoms with Crippen molar-refractivity contribution < 1.29 is 9.59 Å². The summed E-state index contributed by atoms with van der Waals surface area (Å²) >= 11 is 0. The summed E-state index contributed by atoms with van der Waals surface area (Å²) in [6.07, 6.45) is 3.70. The van der Waals surface area contributed by atoms with E-state index in [1.165, 1.54) is 0 Å². The molecule has 2 heterocycles. The average Bonchev–Trinajstić information content (AvgIpc) is 2.82. The molecule has 1 aliphatic heterocycles. The summed E-state index contributed by atoms with van der Waals surface area (Å²) < 4.78 is 1.87. The molecular weight excluding hydrogens is 268 g/mol. The number of amides is 2. The number of nitrogens with one attached hydrogen (secondary N) is 1. The van der Waals surface area contributed by atoms with Gasteiger partial charge in [0.2, 0.25) is 11.8 Å². The van der Waals surface area contributed by atoms with Gasteiger partial charge in [0.05, 0.1) is 12.2 Å². The Morgan fingerprint density at radius 2 is 2.24 bits per heavy atom. The van der Waals surface area contributed by atoms with Crippen molar-refractivity contribution in [3.63, 3.8) is 0 Å². The van der Waals surface area contributed by atoms with E-state index in [-0.39, 0.29) is 11.8 Å². The average molecular weight is 292 g/mol. The third kappa shape index (κ3) is 4.06. The zero-order chi connectivity index (χ0) is 15.2. The van der Waals surface area contributed by atoms with Crippen LogP contribution in [0.5, 0.6) is 0 Å². The van der Waals surface area contributed by atoms with Crippen molar-refractivity contribution in [3.05, 3.63) is 11.8 Å². The minimum atomic E-state index is 0.0672. The molecule has 0 atom stereocenters. The minimum absolute atomic E-state index is 0.0672. The molecule has 0 unspecified atom stereocenters. The van der Waals surface area contributed by atoms with Crippen molar-refractivity contribution in [3.8, 4) is 0 Å². The molecule has 6 nitrogen and oxygen atoms in total. The number of anilines is 1. The second-order valence-corrected chi connectivity index (χ2v) is 5.47. The maximum atomic E-state index is 12.0. The molecule has 1 N–H and O–H groups in total. The Kier molecular flexibility index (Phi) is 5.36. The SMILES string of the molecule is CCCCNC(=O)CCCN1C(=O)CCn2nc(C)cc21. The van der Waals surface area contributed by atoms with Crippen LogP contribution in [0.25, 0.3) is 0 Å². The van der Waals surface area contributed by atoms with Gasteiger partial charge in [0.25, 0.3) is 0 Å². The van der Waals surface area contributed by atoms with Crippen molar-refractivity contribution in [2.24, 2.45) is 0 Å². The van der Waals surface area contributed by atoms with Gasteiger partial charge in [-0.3, -0.25) is 14.5 Å². The zero-order valence-corrected chi connectivity index (χ0v) is 12.9. The monoisotopic (exact) mass is 292 g/mol. The van der Waals surface area contributed by atoms with E-state index in [0.717, 1.165) is 30.9 Å². The van der Waals surface area contributed by atoms with E-state index in [1.807, 2.05) is 17.7 Å². The van der Waals surface area contributed by atoms with Crippen molar-refractivity contribution in [1.29, 1.82) is 0 Å². The largest absolute Gasteiger partial charge is 0.356 e. The fourth-order valence-corrected chi connectivity index (χ4v) is 2.51. The molecule has 0 aliphatic carbocycles. The quantitative estimate of drug-likeness (QED) is 0.777. The summed E-state index contributed by atoms with van der Waals surface area (Å²) in [5.41, 5.74) is 0.919. The second kappa shape index (κ2) is 7.24. The number of rotatable bonds is 7. The Morgan fingerprint density at radius 1 is 1.43 bits per heavy atom. The molecule has 0 bridgehead atoms. The van der Waals surface area contributed by atoms with E-state index >= 15 is 0 Å². The normalized spacial score (nSPS) is 14.2. The van der Waals surface area contributed by atoms with Crippen LogP contribution in [0.15, 0.2) is 6.07 Å². The minimum Gasteiger partial charge on any atom is -0.356 e. The fourth-order valence-electron chi connectivity index (χ4n) is 2.51. The van der Waals surface area contributed by atoms with Gasteiger partial charge in [-0.15, -0.1) is 0 Å². The van der Waals surface area contributed by atoms with E-state index in [2.05, 4.69) is 17.3 Å². The van der Waals surface area contributed by atoms with E-state index in [1.54, 1.807) is 4.90 Å². The summed E-state index contributed by atoms with van der Waals surface area (Å²) in [4.78, 5) is 25.4. The van der Waals surface area contributed by atoms with Crippen molar-refractivity contribution >= 4 is 17.6 Å². The van der Waals surface area contributed by atoms with Crippen LogP contribution in [-0.2, 0) is 16.1 Å². The number of unbranched alkanes of at least 4 members (excludes halogenated alkanes) is 1. The third-order valence-corrected chi connectivity index (χ3v) is 3.63. The van der Waals surface area contributed by atoms with Crippen LogP contribution in [0, 0.1) is 6.92 Å². The molecule has 1 aromatic rings. The number of hydrogen-bond donors (Lipinski definition) is 1. The van der Waals surface area contributed by atoms with Gasteiger partial charge < -0.3 is 5.32 Å². The lowest BCUT2D eigenvalue weighted by molar-refractivity contribution is -0.122. The first-order valence-corrected chi connectivity index (χ1v) is 7.73. The molecule has 0 fully saturated rings. The lowest BCUT2D eigenvalue weighted by Gasteiger charge is -2.27. The third-order valence-electron chi connectivity index (χ3n) is 3.63. The molecule has 1 aromatic heterocycles. The Morgan fingerprint density at radius 3 is 3.00 bits per heavy atom. The molecular formula is C15H24N4O2.